The predicted molar refractivity (Wildman–Crippen MR) is 53.3 cm³/mol. The van der Waals surface area contributed by atoms with Gasteiger partial charge in [0.15, 0.2) is 0 Å². The standard InChI is InChI=1S/C10H20N2O/c1-3-5-6-7-12-8-11-9(4-2)10(12)13/h9,11H,3-8H2,1-2H3. The number of amides is 1. The van der Waals surface area contributed by atoms with Crippen LogP contribution in [0.4, 0.5) is 0 Å². The molecule has 1 unspecified atom stereocenters. The first-order chi connectivity index (χ1) is 6.29. The number of carbonyl (C=O) groups excluding carboxylic acids is 1. The molecule has 0 bridgehead atoms. The van der Waals surface area contributed by atoms with Gasteiger partial charge in [-0.15, -0.1) is 0 Å². The molecule has 1 saturated heterocycles. The van der Waals surface area contributed by atoms with Crippen LogP contribution in [-0.2, 0) is 4.79 Å². The van der Waals surface area contributed by atoms with E-state index < -0.39 is 0 Å². The molecule has 3 heteroatoms. The van der Waals surface area contributed by atoms with Gasteiger partial charge >= 0.3 is 0 Å². The van der Waals surface area contributed by atoms with Crippen molar-refractivity contribution in [1.82, 2.24) is 10.2 Å². The van der Waals surface area contributed by atoms with Crippen LogP contribution in [0.3, 0.4) is 0 Å². The zero-order chi connectivity index (χ0) is 9.68. The molecular weight excluding hydrogens is 164 g/mol. The van der Waals surface area contributed by atoms with Gasteiger partial charge in [-0.2, -0.15) is 0 Å². The van der Waals surface area contributed by atoms with Crippen molar-refractivity contribution in [1.29, 1.82) is 0 Å². The van der Waals surface area contributed by atoms with Crippen LogP contribution in [-0.4, -0.2) is 30.1 Å². The van der Waals surface area contributed by atoms with Crippen LogP contribution in [0.1, 0.15) is 39.5 Å². The van der Waals surface area contributed by atoms with E-state index >= 15 is 0 Å². The summed E-state index contributed by atoms with van der Waals surface area (Å²) in [6.45, 7) is 5.90. The lowest BCUT2D eigenvalue weighted by atomic mass is 10.2. The third-order valence-electron chi connectivity index (χ3n) is 2.58. The second kappa shape index (κ2) is 5.22. The fraction of sp³-hybridized carbons (Fsp3) is 0.900. The van der Waals surface area contributed by atoms with E-state index in [9.17, 15) is 4.79 Å². The largest absolute Gasteiger partial charge is 0.329 e. The topological polar surface area (TPSA) is 32.3 Å². The Labute approximate surface area is 80.5 Å². The van der Waals surface area contributed by atoms with E-state index in [4.69, 9.17) is 0 Å². The molecule has 0 aromatic rings. The Morgan fingerprint density at radius 3 is 2.77 bits per heavy atom. The number of hydrogen-bond acceptors (Lipinski definition) is 2. The van der Waals surface area contributed by atoms with Gasteiger partial charge in [-0.25, -0.2) is 0 Å². The smallest absolute Gasteiger partial charge is 0.240 e. The highest BCUT2D eigenvalue weighted by Gasteiger charge is 2.28. The predicted octanol–water partition coefficient (Wildman–Crippen LogP) is 1.34. The summed E-state index contributed by atoms with van der Waals surface area (Å²) < 4.78 is 0. The molecule has 0 aromatic heterocycles. The van der Waals surface area contributed by atoms with E-state index in [1.54, 1.807) is 0 Å². The van der Waals surface area contributed by atoms with E-state index in [0.29, 0.717) is 5.91 Å². The Morgan fingerprint density at radius 2 is 2.23 bits per heavy atom. The van der Waals surface area contributed by atoms with E-state index in [-0.39, 0.29) is 6.04 Å². The minimum atomic E-state index is 0.0848. The van der Waals surface area contributed by atoms with E-state index in [2.05, 4.69) is 12.2 Å². The maximum absolute atomic E-state index is 11.6. The first-order valence-corrected chi connectivity index (χ1v) is 5.31. The Bertz CT molecular complexity index is 170. The van der Waals surface area contributed by atoms with Gasteiger partial charge in [-0.1, -0.05) is 26.7 Å². The molecule has 0 aliphatic carbocycles. The third-order valence-corrected chi connectivity index (χ3v) is 2.58. The molecule has 1 N–H and O–H groups in total. The number of nitrogens with one attached hydrogen (secondary N) is 1. The number of unbranched alkanes of at least 4 members (excludes halogenated alkanes) is 2. The number of hydrogen-bond donors (Lipinski definition) is 1. The average molecular weight is 184 g/mol. The van der Waals surface area contributed by atoms with Crippen LogP contribution in [0.5, 0.6) is 0 Å². The lowest BCUT2D eigenvalue weighted by molar-refractivity contribution is -0.129. The summed E-state index contributed by atoms with van der Waals surface area (Å²) in [7, 11) is 0. The number of rotatable bonds is 5. The maximum Gasteiger partial charge on any atom is 0.240 e. The molecule has 1 amide bonds. The molecule has 0 spiro atoms. The maximum atomic E-state index is 11.6. The normalized spacial score (nSPS) is 22.8. The molecule has 13 heavy (non-hydrogen) atoms. The molecule has 1 aliphatic heterocycles. The average Bonchev–Trinajstić information content (AvgIpc) is 2.48. The van der Waals surface area contributed by atoms with Crippen LogP contribution in [0, 0.1) is 0 Å². The summed E-state index contributed by atoms with van der Waals surface area (Å²) >= 11 is 0. The van der Waals surface area contributed by atoms with Crippen molar-refractivity contribution in [3.8, 4) is 0 Å². The summed E-state index contributed by atoms with van der Waals surface area (Å²) in [6.07, 6.45) is 4.48. The molecule has 0 radical (unpaired) electrons. The fourth-order valence-corrected chi connectivity index (χ4v) is 1.67. The van der Waals surface area contributed by atoms with Gasteiger partial charge in [-0.3, -0.25) is 10.1 Å². The van der Waals surface area contributed by atoms with Crippen molar-refractivity contribution >= 4 is 5.91 Å². The van der Waals surface area contributed by atoms with Crippen molar-refractivity contribution in [2.45, 2.75) is 45.6 Å². The Kier molecular flexibility index (Phi) is 4.22. The van der Waals surface area contributed by atoms with Gasteiger partial charge in [0.2, 0.25) is 5.91 Å². The highest BCUT2D eigenvalue weighted by atomic mass is 16.2. The highest BCUT2D eigenvalue weighted by molar-refractivity contribution is 5.83. The molecule has 1 aliphatic rings. The summed E-state index contributed by atoms with van der Waals surface area (Å²) in [5.74, 6) is 0.290. The molecular formula is C10H20N2O. The zero-order valence-corrected chi connectivity index (χ0v) is 8.68. The van der Waals surface area contributed by atoms with Crippen LogP contribution in [0.25, 0.3) is 0 Å². The molecule has 1 rings (SSSR count). The van der Waals surface area contributed by atoms with Gasteiger partial charge in [-0.05, 0) is 12.8 Å². The van der Waals surface area contributed by atoms with Crippen molar-refractivity contribution < 1.29 is 4.79 Å². The van der Waals surface area contributed by atoms with Crippen LogP contribution < -0.4 is 5.32 Å². The van der Waals surface area contributed by atoms with Gasteiger partial charge < -0.3 is 4.90 Å². The fourth-order valence-electron chi connectivity index (χ4n) is 1.67. The number of carbonyl (C=O) groups is 1. The molecule has 3 nitrogen and oxygen atoms in total. The van der Waals surface area contributed by atoms with E-state index in [1.807, 2.05) is 11.8 Å². The molecule has 1 heterocycles. The second-order valence-electron chi connectivity index (χ2n) is 3.63. The third kappa shape index (κ3) is 2.69. The number of nitrogens with zero attached hydrogens (tertiary/aromatic N) is 1. The molecule has 0 saturated carbocycles. The lowest BCUT2D eigenvalue weighted by Crippen LogP contribution is -2.30. The minimum absolute atomic E-state index is 0.0848. The van der Waals surface area contributed by atoms with Crippen molar-refractivity contribution in [2.75, 3.05) is 13.2 Å². The van der Waals surface area contributed by atoms with E-state index in [0.717, 1.165) is 26.1 Å². The minimum Gasteiger partial charge on any atom is -0.329 e. The van der Waals surface area contributed by atoms with Crippen molar-refractivity contribution in [2.24, 2.45) is 0 Å². The summed E-state index contributed by atoms with van der Waals surface area (Å²) in [5, 5.41) is 3.21. The Hall–Kier alpha value is -0.570. The lowest BCUT2D eigenvalue weighted by Gasteiger charge is -2.14. The molecule has 76 valence electrons. The van der Waals surface area contributed by atoms with Gasteiger partial charge in [0.05, 0.1) is 12.7 Å². The first kappa shape index (κ1) is 10.5. The van der Waals surface area contributed by atoms with Crippen LogP contribution >= 0.6 is 0 Å². The second-order valence-corrected chi connectivity index (χ2v) is 3.63. The van der Waals surface area contributed by atoms with Crippen LogP contribution in [0.15, 0.2) is 0 Å². The summed E-state index contributed by atoms with van der Waals surface area (Å²) in [6, 6.07) is 0.0848. The quantitative estimate of drug-likeness (QED) is 0.654. The first-order valence-electron chi connectivity index (χ1n) is 5.31. The Morgan fingerprint density at radius 1 is 1.46 bits per heavy atom. The summed E-state index contributed by atoms with van der Waals surface area (Å²) in [4.78, 5) is 13.5. The zero-order valence-electron chi connectivity index (χ0n) is 8.68. The van der Waals surface area contributed by atoms with Gasteiger partial charge in [0.1, 0.15) is 0 Å². The van der Waals surface area contributed by atoms with E-state index in [1.165, 1.54) is 12.8 Å². The Balaban J connectivity index is 2.24. The van der Waals surface area contributed by atoms with Gasteiger partial charge in [0, 0.05) is 6.54 Å². The monoisotopic (exact) mass is 184 g/mol. The van der Waals surface area contributed by atoms with Crippen LogP contribution in [0.2, 0.25) is 0 Å². The molecule has 1 fully saturated rings. The molecule has 1 atom stereocenters. The van der Waals surface area contributed by atoms with Crippen molar-refractivity contribution in [3.05, 3.63) is 0 Å². The summed E-state index contributed by atoms with van der Waals surface area (Å²) in [5.41, 5.74) is 0. The van der Waals surface area contributed by atoms with Gasteiger partial charge in [0.25, 0.3) is 0 Å². The SMILES string of the molecule is CCCCCN1CNC(CC)C1=O. The molecule has 0 aromatic carbocycles. The van der Waals surface area contributed by atoms with Crippen molar-refractivity contribution in [3.63, 3.8) is 0 Å². The highest BCUT2D eigenvalue weighted by Crippen LogP contribution is 2.08.